The Morgan fingerprint density at radius 2 is 1.44 bits per heavy atom. The van der Waals surface area contributed by atoms with Crippen LogP contribution in [-0.2, 0) is 19.2 Å². The van der Waals surface area contributed by atoms with Gasteiger partial charge in [0.05, 0.1) is 0 Å². The predicted octanol–water partition coefficient (Wildman–Crippen LogP) is 5.47. The van der Waals surface area contributed by atoms with Crippen LogP contribution in [0.25, 0.3) is 0 Å². The van der Waals surface area contributed by atoms with Crippen LogP contribution in [0.15, 0.2) is 12.7 Å². The summed E-state index contributed by atoms with van der Waals surface area (Å²) in [6.45, 7) is 20.2. The number of piperidine rings is 1. The van der Waals surface area contributed by atoms with Crippen LogP contribution >= 0.6 is 11.9 Å². The first-order chi connectivity index (χ1) is 18.7. The molecule has 0 radical (unpaired) electrons. The summed E-state index contributed by atoms with van der Waals surface area (Å²) in [5, 5.41) is 3.27. The van der Waals surface area contributed by atoms with Crippen LogP contribution in [0.5, 0.6) is 0 Å². The number of hydrogen-bond acceptors (Lipinski definition) is 5. The molecule has 2 N–H and O–H groups in total. The topological polar surface area (TPSA) is 98.8 Å². The van der Waals surface area contributed by atoms with E-state index in [0.29, 0.717) is 24.6 Å². The van der Waals surface area contributed by atoms with Crippen LogP contribution in [0.4, 0.5) is 0 Å². The van der Waals surface area contributed by atoms with Gasteiger partial charge in [0.2, 0.25) is 17.7 Å². The van der Waals surface area contributed by atoms with Crippen molar-refractivity contribution < 1.29 is 19.2 Å². The summed E-state index contributed by atoms with van der Waals surface area (Å²) in [6, 6.07) is -1.29. The van der Waals surface area contributed by atoms with Gasteiger partial charge in [-0.05, 0) is 69.2 Å². The molecule has 0 aromatic rings. The zero-order chi connectivity index (χ0) is 29.8. The molecule has 2 aliphatic heterocycles. The first-order valence-electron chi connectivity index (χ1n) is 15.2. The molecule has 226 valence electrons. The van der Waals surface area contributed by atoms with E-state index in [1.165, 1.54) is 11.9 Å². The van der Waals surface area contributed by atoms with Crippen molar-refractivity contribution in [2.24, 2.45) is 5.92 Å². The smallest absolute Gasteiger partial charge is 0.252 e. The van der Waals surface area contributed by atoms with E-state index in [1.807, 2.05) is 32.6 Å². The van der Waals surface area contributed by atoms with E-state index < -0.39 is 12.1 Å². The molecule has 0 spiro atoms. The van der Waals surface area contributed by atoms with Crippen LogP contribution in [0.1, 0.15) is 113 Å². The van der Waals surface area contributed by atoms with Crippen LogP contribution in [0, 0.1) is 5.92 Å². The summed E-state index contributed by atoms with van der Waals surface area (Å²) < 4.78 is 2.82. The quantitative estimate of drug-likeness (QED) is 0.269. The van der Waals surface area contributed by atoms with Crippen LogP contribution in [0.3, 0.4) is 0 Å². The van der Waals surface area contributed by atoms with E-state index in [2.05, 4.69) is 37.4 Å². The fraction of sp³-hybridized carbons (Fsp3) is 0.800. The highest BCUT2D eigenvalue weighted by Gasteiger charge is 2.36. The van der Waals surface area contributed by atoms with Crippen molar-refractivity contribution in [3.63, 3.8) is 0 Å². The van der Waals surface area contributed by atoms with E-state index in [4.69, 9.17) is 0 Å². The largest absolute Gasteiger partial charge is 0.343 e. The molecule has 2 heterocycles. The fourth-order valence-electron chi connectivity index (χ4n) is 4.06. The number of carbonyl (C=O) groups is 4. The Kier molecular flexibility index (Phi) is 20.6. The Labute approximate surface area is 242 Å². The molecular weight excluding hydrogens is 512 g/mol. The van der Waals surface area contributed by atoms with Crippen LogP contribution in [-0.4, -0.2) is 70.4 Å². The minimum absolute atomic E-state index is 0.0177. The summed E-state index contributed by atoms with van der Waals surface area (Å²) in [5.41, 5.74) is 0. The molecule has 3 rings (SSSR count). The second-order valence-electron chi connectivity index (χ2n) is 10.3. The summed E-state index contributed by atoms with van der Waals surface area (Å²) >= 11 is 1.40. The van der Waals surface area contributed by atoms with E-state index in [1.54, 1.807) is 11.0 Å². The number of likely N-dealkylation sites (tertiary alicyclic amines) is 2. The lowest BCUT2D eigenvalue weighted by Crippen LogP contribution is -2.52. The first-order valence-corrected chi connectivity index (χ1v) is 16.0. The van der Waals surface area contributed by atoms with Gasteiger partial charge in [0.1, 0.15) is 12.1 Å². The van der Waals surface area contributed by atoms with E-state index >= 15 is 0 Å². The minimum Gasteiger partial charge on any atom is -0.343 e. The highest BCUT2D eigenvalue weighted by molar-refractivity contribution is 7.98. The molecule has 1 aliphatic carbocycles. The maximum atomic E-state index is 12.9. The zero-order valence-corrected chi connectivity index (χ0v) is 26.5. The van der Waals surface area contributed by atoms with Crippen molar-refractivity contribution in [3.05, 3.63) is 12.7 Å². The zero-order valence-electron chi connectivity index (χ0n) is 25.7. The maximum Gasteiger partial charge on any atom is 0.252 e. The average Bonchev–Trinajstić information content (AvgIpc) is 3.65. The van der Waals surface area contributed by atoms with Gasteiger partial charge in [0.25, 0.3) is 5.91 Å². The third-order valence-corrected chi connectivity index (χ3v) is 7.15. The number of amides is 4. The summed E-state index contributed by atoms with van der Waals surface area (Å²) in [4.78, 5) is 53.8. The summed E-state index contributed by atoms with van der Waals surface area (Å²) in [7, 11) is 0. The Balaban J connectivity index is 0.00000162. The van der Waals surface area contributed by atoms with E-state index in [-0.39, 0.29) is 36.5 Å². The van der Waals surface area contributed by atoms with Crippen molar-refractivity contribution >= 4 is 35.6 Å². The van der Waals surface area contributed by atoms with E-state index in [9.17, 15) is 19.2 Å². The number of rotatable bonds is 10. The molecule has 3 fully saturated rings. The van der Waals surface area contributed by atoms with Crippen molar-refractivity contribution in [3.8, 4) is 0 Å². The Bertz CT molecular complexity index is 734. The Hall–Kier alpha value is -2.03. The molecule has 4 amide bonds. The molecule has 1 saturated carbocycles. The van der Waals surface area contributed by atoms with Gasteiger partial charge in [-0.1, -0.05) is 54.5 Å². The predicted molar refractivity (Wildman–Crippen MR) is 163 cm³/mol. The van der Waals surface area contributed by atoms with Crippen molar-refractivity contribution in [1.82, 2.24) is 19.8 Å². The number of nitrogens with zero attached hydrogens (tertiary/aromatic N) is 2. The molecule has 2 saturated heterocycles. The molecule has 39 heavy (non-hydrogen) atoms. The SMILES string of the molecule is C=CCC(NC(=O)[C@@H]1CCCN1C(=O)CCC(=O)N1CCCCC1)C(=O)NSC1CC1.CC.CC.CC(C)C. The highest BCUT2D eigenvalue weighted by Crippen LogP contribution is 2.31. The lowest BCUT2D eigenvalue weighted by atomic mass is 10.1. The monoisotopic (exact) mass is 568 g/mol. The molecule has 2 atom stereocenters. The summed E-state index contributed by atoms with van der Waals surface area (Å²) in [5.74, 6) is 0.126. The van der Waals surface area contributed by atoms with Gasteiger partial charge in [-0.25, -0.2) is 0 Å². The lowest BCUT2D eigenvalue weighted by molar-refractivity contribution is -0.141. The number of carbonyl (C=O) groups excluding carboxylic acids is 4. The second kappa shape index (κ2) is 21.8. The van der Waals surface area contributed by atoms with Gasteiger partial charge in [0.15, 0.2) is 0 Å². The molecule has 3 aliphatic rings. The van der Waals surface area contributed by atoms with Crippen molar-refractivity contribution in [1.29, 1.82) is 0 Å². The standard InChI is InChI=1S/C22H34N4O4S.C4H10.2C2H6/c1-2-7-17(21(29)24-31-16-9-10-16)23-22(30)18-8-6-15-26(18)20(28)12-11-19(27)25-13-4-3-5-14-25;1-4(2)3;2*1-2/h2,16-18H,1,3-15H2,(H,23,30)(H,24,29);4H,1-3H3;2*1-2H3/t17?,18-;;;/m0.../s1. The van der Waals surface area contributed by atoms with Crippen molar-refractivity contribution in [2.45, 2.75) is 130 Å². The molecule has 8 nitrogen and oxygen atoms in total. The van der Waals surface area contributed by atoms with Gasteiger partial charge in [-0.3, -0.25) is 23.9 Å². The fourth-order valence-corrected chi connectivity index (χ4v) is 4.86. The van der Waals surface area contributed by atoms with Gasteiger partial charge in [0, 0.05) is 37.7 Å². The lowest BCUT2D eigenvalue weighted by Gasteiger charge is -2.28. The maximum absolute atomic E-state index is 12.9. The normalized spacial score (nSPS) is 18.7. The minimum atomic E-state index is -0.700. The van der Waals surface area contributed by atoms with Gasteiger partial charge >= 0.3 is 0 Å². The number of hydrogen-bond donors (Lipinski definition) is 2. The first kappa shape index (κ1) is 37.0. The highest BCUT2D eigenvalue weighted by atomic mass is 32.2. The third kappa shape index (κ3) is 15.4. The van der Waals surface area contributed by atoms with Crippen LogP contribution < -0.4 is 10.0 Å². The van der Waals surface area contributed by atoms with Gasteiger partial charge in [-0.2, -0.15) is 0 Å². The molecular formula is C30H56N4O4S. The number of nitrogens with one attached hydrogen (secondary N) is 2. The van der Waals surface area contributed by atoms with E-state index in [0.717, 1.165) is 57.5 Å². The van der Waals surface area contributed by atoms with Gasteiger partial charge < -0.3 is 15.1 Å². The molecule has 0 aromatic carbocycles. The van der Waals surface area contributed by atoms with Crippen LogP contribution in [0.2, 0.25) is 0 Å². The molecule has 0 aromatic heterocycles. The Morgan fingerprint density at radius 1 is 0.872 bits per heavy atom. The third-order valence-electron chi connectivity index (χ3n) is 6.02. The molecule has 9 heteroatoms. The summed E-state index contributed by atoms with van der Waals surface area (Å²) in [6.07, 6.45) is 8.93. The molecule has 0 bridgehead atoms. The average molecular weight is 569 g/mol. The van der Waals surface area contributed by atoms with Gasteiger partial charge in [-0.15, -0.1) is 6.58 Å². The Morgan fingerprint density at radius 3 is 1.97 bits per heavy atom. The van der Waals surface area contributed by atoms with Crippen molar-refractivity contribution in [2.75, 3.05) is 19.6 Å². The molecule has 1 unspecified atom stereocenters. The second-order valence-corrected chi connectivity index (χ2v) is 11.4.